The van der Waals surface area contributed by atoms with Crippen molar-refractivity contribution in [2.75, 3.05) is 0 Å². The van der Waals surface area contributed by atoms with Gasteiger partial charge in [0.1, 0.15) is 10.7 Å². The highest BCUT2D eigenvalue weighted by Gasteiger charge is 2.10. The Bertz CT molecular complexity index is 1170. The van der Waals surface area contributed by atoms with Gasteiger partial charge < -0.3 is 10.3 Å². The van der Waals surface area contributed by atoms with E-state index >= 15 is 0 Å². The Labute approximate surface area is 164 Å². The van der Waals surface area contributed by atoms with Crippen molar-refractivity contribution in [3.05, 3.63) is 75.9 Å². The minimum atomic E-state index is -0.256. The minimum absolute atomic E-state index is 0.146. The molecule has 0 spiro atoms. The highest BCUT2D eigenvalue weighted by molar-refractivity contribution is 7.13. The Balaban J connectivity index is 1.34. The number of carbonyl (C=O) groups is 1. The lowest BCUT2D eigenvalue weighted by Crippen LogP contribution is -2.25. The molecule has 140 valence electrons. The van der Waals surface area contributed by atoms with Gasteiger partial charge in [-0.1, -0.05) is 12.1 Å². The summed E-state index contributed by atoms with van der Waals surface area (Å²) < 4.78 is 0. The normalized spacial score (nSPS) is 10.9. The van der Waals surface area contributed by atoms with Gasteiger partial charge in [0, 0.05) is 36.2 Å². The number of aromatic amines is 1. The van der Waals surface area contributed by atoms with Gasteiger partial charge >= 0.3 is 0 Å². The van der Waals surface area contributed by atoms with E-state index in [-0.39, 0.29) is 24.3 Å². The lowest BCUT2D eigenvalue weighted by atomic mass is 10.2. The molecule has 0 fully saturated rings. The number of rotatable bonds is 6. The molecule has 1 amide bonds. The molecule has 0 atom stereocenters. The monoisotopic (exact) mass is 391 g/mol. The largest absolute Gasteiger partial charge is 0.350 e. The number of nitrogens with zero attached hydrogens (tertiary/aromatic N) is 3. The Hall–Kier alpha value is -3.39. The van der Waals surface area contributed by atoms with E-state index in [9.17, 15) is 9.59 Å². The molecule has 7 nitrogen and oxygen atoms in total. The summed E-state index contributed by atoms with van der Waals surface area (Å²) in [5.74, 6) is -0.146. The number of hydrogen-bond donors (Lipinski definition) is 2. The third-order valence-electron chi connectivity index (χ3n) is 4.20. The number of amides is 1. The maximum Gasteiger partial charge on any atom is 0.270 e. The first-order valence-electron chi connectivity index (χ1n) is 8.78. The van der Waals surface area contributed by atoms with Crippen LogP contribution in [-0.4, -0.2) is 25.8 Å². The number of fused-ring (bicyclic) bond motifs is 1. The SMILES string of the molecule is O=C(CCc1nc2ccccc2[nH]c1=O)NCc1csc(-c2ccncc2)n1. The summed E-state index contributed by atoms with van der Waals surface area (Å²) in [6.45, 7) is 0.349. The standard InChI is InChI=1S/C20H17N5O2S/c26-18(6-5-17-19(27)25-16-4-2-1-3-15(16)24-17)22-11-14-12-28-20(23-14)13-7-9-21-10-8-13/h1-4,7-10,12H,5-6,11H2,(H,22,26)(H,25,27). The average molecular weight is 391 g/mol. The van der Waals surface area contributed by atoms with Crippen molar-refractivity contribution in [2.45, 2.75) is 19.4 Å². The van der Waals surface area contributed by atoms with Crippen molar-refractivity contribution < 1.29 is 4.79 Å². The summed E-state index contributed by atoms with van der Waals surface area (Å²) in [4.78, 5) is 39.9. The second-order valence-corrected chi connectivity index (χ2v) is 7.04. The predicted octanol–water partition coefficient (Wildman–Crippen LogP) is 2.69. The first kappa shape index (κ1) is 18.0. The van der Waals surface area contributed by atoms with Crippen LogP contribution in [0.5, 0.6) is 0 Å². The van der Waals surface area contributed by atoms with Crippen molar-refractivity contribution in [2.24, 2.45) is 0 Å². The molecule has 2 N–H and O–H groups in total. The lowest BCUT2D eigenvalue weighted by molar-refractivity contribution is -0.121. The van der Waals surface area contributed by atoms with Crippen LogP contribution in [0.3, 0.4) is 0 Å². The van der Waals surface area contributed by atoms with Gasteiger partial charge in [-0.15, -0.1) is 11.3 Å². The Morgan fingerprint density at radius 2 is 1.93 bits per heavy atom. The lowest BCUT2D eigenvalue weighted by Gasteiger charge is -2.04. The molecular weight excluding hydrogens is 374 g/mol. The van der Waals surface area contributed by atoms with E-state index in [1.807, 2.05) is 35.7 Å². The zero-order valence-corrected chi connectivity index (χ0v) is 15.7. The Morgan fingerprint density at radius 1 is 1.11 bits per heavy atom. The molecule has 0 radical (unpaired) electrons. The summed E-state index contributed by atoms with van der Waals surface area (Å²) >= 11 is 1.52. The van der Waals surface area contributed by atoms with E-state index in [0.29, 0.717) is 23.3 Å². The maximum absolute atomic E-state index is 12.2. The molecule has 4 aromatic rings. The molecule has 0 unspecified atom stereocenters. The fourth-order valence-corrected chi connectivity index (χ4v) is 3.59. The van der Waals surface area contributed by atoms with Crippen molar-refractivity contribution in [3.63, 3.8) is 0 Å². The predicted molar refractivity (Wildman–Crippen MR) is 108 cm³/mol. The number of aryl methyl sites for hydroxylation is 1. The zero-order valence-electron chi connectivity index (χ0n) is 14.9. The molecule has 4 rings (SSSR count). The van der Waals surface area contributed by atoms with Crippen LogP contribution in [0.25, 0.3) is 21.6 Å². The molecule has 0 aliphatic rings. The van der Waals surface area contributed by atoms with Crippen LogP contribution in [0.4, 0.5) is 0 Å². The first-order valence-corrected chi connectivity index (χ1v) is 9.66. The molecule has 0 saturated heterocycles. The number of hydrogen-bond acceptors (Lipinski definition) is 6. The average Bonchev–Trinajstić information content (AvgIpc) is 3.20. The van der Waals surface area contributed by atoms with E-state index in [4.69, 9.17) is 0 Å². The molecule has 0 bridgehead atoms. The third-order valence-corrected chi connectivity index (χ3v) is 5.14. The van der Waals surface area contributed by atoms with Gasteiger partial charge in [-0.3, -0.25) is 14.6 Å². The number of pyridine rings is 1. The van der Waals surface area contributed by atoms with Gasteiger partial charge in [-0.2, -0.15) is 0 Å². The van der Waals surface area contributed by atoms with E-state index in [2.05, 4.69) is 25.3 Å². The van der Waals surface area contributed by atoms with Crippen LogP contribution in [0, 0.1) is 0 Å². The molecule has 0 aliphatic carbocycles. The number of aromatic nitrogens is 4. The second kappa shape index (κ2) is 8.10. The van der Waals surface area contributed by atoms with Crippen LogP contribution in [-0.2, 0) is 17.8 Å². The summed E-state index contributed by atoms with van der Waals surface area (Å²) in [6.07, 6.45) is 3.92. The summed E-state index contributed by atoms with van der Waals surface area (Å²) in [5.41, 5.74) is 3.30. The van der Waals surface area contributed by atoms with Crippen LogP contribution in [0.1, 0.15) is 17.8 Å². The highest BCUT2D eigenvalue weighted by atomic mass is 32.1. The first-order chi connectivity index (χ1) is 13.7. The van der Waals surface area contributed by atoms with Gasteiger partial charge in [-0.25, -0.2) is 9.97 Å². The molecule has 3 aromatic heterocycles. The maximum atomic E-state index is 12.2. The summed E-state index contributed by atoms with van der Waals surface area (Å²) in [7, 11) is 0. The second-order valence-electron chi connectivity index (χ2n) is 6.19. The molecule has 1 aromatic carbocycles. The fraction of sp³-hybridized carbons (Fsp3) is 0.150. The van der Waals surface area contributed by atoms with Crippen molar-refractivity contribution in [1.82, 2.24) is 25.3 Å². The molecule has 0 aliphatic heterocycles. The zero-order chi connectivity index (χ0) is 19.3. The number of H-pyrrole nitrogens is 1. The van der Waals surface area contributed by atoms with Gasteiger partial charge in [0.05, 0.1) is 23.3 Å². The highest BCUT2D eigenvalue weighted by Crippen LogP contribution is 2.22. The number of thiazole rings is 1. The molecular formula is C20H17N5O2S. The minimum Gasteiger partial charge on any atom is -0.350 e. The number of benzene rings is 1. The van der Waals surface area contributed by atoms with Crippen LogP contribution in [0.15, 0.2) is 59.0 Å². The smallest absolute Gasteiger partial charge is 0.270 e. The van der Waals surface area contributed by atoms with E-state index in [1.54, 1.807) is 18.5 Å². The Kier molecular flexibility index (Phi) is 5.20. The van der Waals surface area contributed by atoms with E-state index < -0.39 is 0 Å². The Morgan fingerprint density at radius 3 is 2.79 bits per heavy atom. The molecule has 8 heteroatoms. The number of nitrogens with one attached hydrogen (secondary N) is 2. The van der Waals surface area contributed by atoms with E-state index in [1.165, 1.54) is 11.3 Å². The van der Waals surface area contributed by atoms with Gasteiger partial charge in [0.2, 0.25) is 5.91 Å². The molecule has 0 saturated carbocycles. The third kappa shape index (κ3) is 4.12. The topological polar surface area (TPSA) is 101 Å². The quantitative estimate of drug-likeness (QED) is 0.526. The summed E-state index contributed by atoms with van der Waals surface area (Å²) in [6, 6.07) is 11.1. The van der Waals surface area contributed by atoms with Crippen molar-refractivity contribution in [3.8, 4) is 10.6 Å². The fourth-order valence-electron chi connectivity index (χ4n) is 2.76. The van der Waals surface area contributed by atoms with Gasteiger partial charge in [0.15, 0.2) is 0 Å². The van der Waals surface area contributed by atoms with Gasteiger partial charge in [0.25, 0.3) is 5.56 Å². The van der Waals surface area contributed by atoms with Crippen LogP contribution >= 0.6 is 11.3 Å². The number of carbonyl (C=O) groups excluding carboxylic acids is 1. The van der Waals surface area contributed by atoms with Crippen molar-refractivity contribution >= 4 is 28.3 Å². The molecule has 3 heterocycles. The number of para-hydroxylation sites is 2. The van der Waals surface area contributed by atoms with Crippen LogP contribution in [0.2, 0.25) is 0 Å². The van der Waals surface area contributed by atoms with E-state index in [0.717, 1.165) is 16.3 Å². The van der Waals surface area contributed by atoms with Crippen LogP contribution < -0.4 is 10.9 Å². The summed E-state index contributed by atoms with van der Waals surface area (Å²) in [5, 5.41) is 5.65. The van der Waals surface area contributed by atoms with Crippen molar-refractivity contribution in [1.29, 1.82) is 0 Å². The molecule has 28 heavy (non-hydrogen) atoms. The van der Waals surface area contributed by atoms with Gasteiger partial charge in [-0.05, 0) is 24.3 Å².